The van der Waals surface area contributed by atoms with Crippen LogP contribution in [0, 0.1) is 0 Å². The van der Waals surface area contributed by atoms with Crippen LogP contribution in [0.1, 0.15) is 39.0 Å². The Kier molecular flexibility index (Phi) is 14.8. The minimum Gasteiger partial charge on any atom is -0.810 e. The lowest BCUT2D eigenvalue weighted by atomic mass is 10.1. The van der Waals surface area contributed by atoms with Gasteiger partial charge in [-0.25, -0.2) is 0 Å². The Morgan fingerprint density at radius 3 is 1.55 bits per heavy atom. The fourth-order valence-corrected chi connectivity index (χ4v) is 3.24. The third-order valence-corrected chi connectivity index (χ3v) is 3.82. The summed E-state index contributed by atoms with van der Waals surface area (Å²) in [5.74, 6) is 0. The highest BCUT2D eigenvalue weighted by atomic mass is 31.2. The van der Waals surface area contributed by atoms with Gasteiger partial charge in [0, 0.05) is 12.6 Å². The van der Waals surface area contributed by atoms with Crippen molar-refractivity contribution < 1.29 is 28.7 Å². The Labute approximate surface area is 120 Å². The van der Waals surface area contributed by atoms with Crippen LogP contribution < -0.4 is 31.9 Å². The quantitative estimate of drug-likeness (QED) is 0.404. The van der Waals surface area contributed by atoms with Crippen LogP contribution in [0.5, 0.6) is 0 Å². The summed E-state index contributed by atoms with van der Waals surface area (Å²) < 4.78 is 21.2. The Bertz CT molecular complexity index is 295. The summed E-state index contributed by atoms with van der Waals surface area (Å²) >= 11 is 0. The van der Waals surface area contributed by atoms with Crippen molar-refractivity contribution in [2.75, 3.05) is 19.1 Å². The molecule has 0 spiro atoms. The fourth-order valence-electron chi connectivity index (χ4n) is 1.62. The topological polar surface area (TPSA) is 203 Å². The highest BCUT2D eigenvalue weighted by Crippen LogP contribution is 2.30. The first kappa shape index (κ1) is 25.2. The summed E-state index contributed by atoms with van der Waals surface area (Å²) in [5, 5.41) is 0. The molecule has 0 saturated heterocycles. The van der Waals surface area contributed by atoms with Crippen LogP contribution in [-0.4, -0.2) is 24.0 Å². The molecule has 0 aromatic heterocycles. The first-order valence-electron chi connectivity index (χ1n) is 5.88. The molecule has 0 aliphatic heterocycles. The van der Waals surface area contributed by atoms with Crippen LogP contribution in [0.3, 0.4) is 0 Å². The van der Waals surface area contributed by atoms with Crippen molar-refractivity contribution in [2.24, 2.45) is 0 Å². The Morgan fingerprint density at radius 2 is 1.20 bits per heavy atom. The summed E-state index contributed by atoms with van der Waals surface area (Å²) in [6.07, 6.45) is 2.63. The second-order valence-electron chi connectivity index (χ2n) is 4.31. The van der Waals surface area contributed by atoms with Crippen LogP contribution >= 0.6 is 15.2 Å². The highest BCUT2D eigenvalue weighted by Gasteiger charge is 2.08. The molecule has 0 radical (unpaired) electrons. The third-order valence-electron chi connectivity index (χ3n) is 2.32. The monoisotopic (exact) mass is 335 g/mol. The molecule has 0 aliphatic rings. The van der Waals surface area contributed by atoms with Crippen LogP contribution in [0.2, 0.25) is 0 Å². The van der Waals surface area contributed by atoms with Gasteiger partial charge in [0.05, 0.1) is 0 Å². The van der Waals surface area contributed by atoms with Crippen LogP contribution in [0.25, 0.3) is 0 Å². The lowest BCUT2D eigenvalue weighted by Crippen LogP contribution is -2.36. The predicted molar refractivity (Wildman–Crippen MR) is 72.4 cm³/mol. The normalized spacial score (nSPS) is 11.9. The average molecular weight is 335 g/mol. The number of nitrogens with zero attached hydrogens (tertiary/aromatic N) is 1. The molecule has 8 N–H and O–H groups in total. The Morgan fingerprint density at radius 1 is 0.800 bits per heavy atom. The minimum atomic E-state index is -4.84. The lowest BCUT2D eigenvalue weighted by molar-refractivity contribution is -0.318. The number of rotatable bonds is 10. The van der Waals surface area contributed by atoms with Gasteiger partial charge < -0.3 is 41.0 Å². The van der Waals surface area contributed by atoms with E-state index in [0.29, 0.717) is 6.42 Å². The molecule has 11 heteroatoms. The molecule has 0 bridgehead atoms. The summed E-state index contributed by atoms with van der Waals surface area (Å²) in [4.78, 5) is 43.3. The zero-order valence-electron chi connectivity index (χ0n) is 12.4. The van der Waals surface area contributed by atoms with Crippen molar-refractivity contribution >= 4 is 15.2 Å². The van der Waals surface area contributed by atoms with Gasteiger partial charge >= 0.3 is 0 Å². The third kappa shape index (κ3) is 18.2. The lowest BCUT2D eigenvalue weighted by Gasteiger charge is -2.41. The maximum atomic E-state index is 10.6. The summed E-state index contributed by atoms with van der Waals surface area (Å²) in [6, 6.07) is 0. The fraction of sp³-hybridized carbons (Fsp3) is 1.00. The first-order valence-corrected chi connectivity index (χ1v) is 9.34. The molecule has 0 amide bonds. The van der Waals surface area contributed by atoms with Gasteiger partial charge in [-0.15, -0.1) is 0 Å². The Hall–Kier alpha value is 0.180. The number of hydrogen-bond donors (Lipinski definition) is 2. The van der Waals surface area contributed by atoms with Gasteiger partial charge in [-0.2, -0.15) is 0 Å². The van der Waals surface area contributed by atoms with Gasteiger partial charge in [0.1, 0.15) is 0 Å². The van der Waals surface area contributed by atoms with E-state index in [4.69, 9.17) is 0 Å². The highest BCUT2D eigenvalue weighted by molar-refractivity contribution is 7.49. The van der Waals surface area contributed by atoms with Gasteiger partial charge in [-0.05, 0) is 13.0 Å². The molecule has 20 heavy (non-hydrogen) atoms. The summed E-state index contributed by atoms with van der Waals surface area (Å²) in [7, 11) is -9.68. The second kappa shape index (κ2) is 11.8. The van der Waals surface area contributed by atoms with Crippen molar-refractivity contribution in [3.8, 4) is 0 Å². The zero-order chi connectivity index (χ0) is 14.2. The Balaban J connectivity index is -0.00000144. The van der Waals surface area contributed by atoms with Crippen molar-refractivity contribution in [3.63, 3.8) is 0 Å². The van der Waals surface area contributed by atoms with Crippen molar-refractivity contribution in [1.29, 1.82) is 0 Å². The van der Waals surface area contributed by atoms with Gasteiger partial charge in [0.2, 0.25) is 0 Å². The second-order valence-corrected chi connectivity index (χ2v) is 7.32. The maximum Gasteiger partial charge on any atom is 0.0264 e. The summed E-state index contributed by atoms with van der Waals surface area (Å²) in [6.45, 7) is 2.18. The van der Waals surface area contributed by atoms with Crippen molar-refractivity contribution in [2.45, 2.75) is 39.0 Å². The summed E-state index contributed by atoms with van der Waals surface area (Å²) in [5.41, 5.74) is 0. The van der Waals surface area contributed by atoms with Gasteiger partial charge in [-0.1, -0.05) is 47.8 Å². The molecule has 0 atom stereocenters. The number of unbranched alkanes of at least 4 members (excludes halogenated alkanes) is 4. The van der Waals surface area contributed by atoms with Gasteiger partial charge in [-0.3, -0.25) is 4.90 Å². The molecule has 0 rings (SSSR count). The molecule has 0 saturated carbocycles. The van der Waals surface area contributed by atoms with E-state index in [9.17, 15) is 28.7 Å². The maximum absolute atomic E-state index is 10.6. The SMILES string of the molecule is CCCCCCCN(CP(=O)([O-])[O-])CP(=O)([O-])[O-].[NH4+].[NH4+]. The molecule has 0 aliphatic carbocycles. The molecule has 0 heterocycles. The molecule has 9 nitrogen and oxygen atoms in total. The van der Waals surface area contributed by atoms with Gasteiger partial charge in [0.25, 0.3) is 0 Å². The van der Waals surface area contributed by atoms with E-state index in [-0.39, 0.29) is 18.8 Å². The van der Waals surface area contributed by atoms with E-state index in [1.54, 1.807) is 0 Å². The van der Waals surface area contributed by atoms with E-state index in [1.807, 2.05) is 6.92 Å². The number of hydrogen-bond acceptors (Lipinski definition) is 7. The van der Waals surface area contributed by atoms with Crippen molar-refractivity contribution in [3.05, 3.63) is 0 Å². The van der Waals surface area contributed by atoms with E-state index >= 15 is 0 Å². The van der Waals surface area contributed by atoms with E-state index < -0.39 is 27.8 Å². The van der Waals surface area contributed by atoms with E-state index in [2.05, 4.69) is 0 Å². The minimum absolute atomic E-state index is 0. The predicted octanol–water partition coefficient (Wildman–Crippen LogP) is -0.246. The largest absolute Gasteiger partial charge is 0.810 e. The van der Waals surface area contributed by atoms with Crippen molar-refractivity contribution in [1.82, 2.24) is 17.2 Å². The van der Waals surface area contributed by atoms with Crippen LogP contribution in [0.15, 0.2) is 0 Å². The molecule has 0 unspecified atom stereocenters. The van der Waals surface area contributed by atoms with E-state index in [1.165, 1.54) is 0 Å². The zero-order valence-corrected chi connectivity index (χ0v) is 14.2. The standard InChI is InChI=1S/C9H23NO6P2.2H3N/c1-2-3-4-5-6-7-10(8-17(11,12)13)9-18(14,15)16;;/h2-9H2,1H3,(H2,11,12,13)(H2,14,15,16);2*1H3/p-2. The molecule has 0 aromatic carbocycles. The molecular weight excluding hydrogens is 308 g/mol. The first-order chi connectivity index (χ1) is 8.14. The van der Waals surface area contributed by atoms with Crippen LogP contribution in [0.4, 0.5) is 0 Å². The number of quaternary nitrogens is 2. The smallest absolute Gasteiger partial charge is 0.0264 e. The average Bonchev–Trinajstić information content (AvgIpc) is 2.12. The van der Waals surface area contributed by atoms with E-state index in [0.717, 1.165) is 30.6 Å². The molecule has 126 valence electrons. The molecule has 0 aromatic rings. The molecule has 0 fully saturated rings. The van der Waals surface area contributed by atoms with Crippen LogP contribution in [-0.2, 0) is 9.13 Å². The molecular formula is C9H27N3O6P2-2. The van der Waals surface area contributed by atoms with Gasteiger partial charge in [0.15, 0.2) is 0 Å².